The summed E-state index contributed by atoms with van der Waals surface area (Å²) in [5.41, 5.74) is 0. The zero-order valence-electron chi connectivity index (χ0n) is 15.2. The van der Waals surface area contributed by atoms with Crippen LogP contribution in [0.3, 0.4) is 0 Å². The largest absolute Gasteiger partial charge is 0.366 e. The summed E-state index contributed by atoms with van der Waals surface area (Å²) in [6, 6.07) is 1.63. The van der Waals surface area contributed by atoms with Gasteiger partial charge in [0.15, 0.2) is 0 Å². The predicted molar refractivity (Wildman–Crippen MR) is 99.2 cm³/mol. The number of fused-ring (bicyclic) bond motifs is 2. The Morgan fingerprint density at radius 1 is 1.13 bits per heavy atom. The van der Waals surface area contributed by atoms with E-state index in [1.54, 1.807) is 0 Å². The highest BCUT2D eigenvalue weighted by atomic mass is 15.2. The molecule has 23 heavy (non-hydrogen) atoms. The Morgan fingerprint density at radius 3 is 2.26 bits per heavy atom. The number of likely N-dealkylation sites (N-methyl/N-ethyl adjacent to an activating group) is 1. The van der Waals surface area contributed by atoms with Crippen molar-refractivity contribution in [1.82, 2.24) is 20.4 Å². The van der Waals surface area contributed by atoms with Gasteiger partial charge in [0, 0.05) is 58.4 Å². The van der Waals surface area contributed by atoms with Crippen LogP contribution in [0, 0.1) is 5.92 Å². The van der Waals surface area contributed by atoms with Gasteiger partial charge >= 0.3 is 0 Å². The van der Waals surface area contributed by atoms with Gasteiger partial charge in [-0.2, -0.15) is 0 Å². The minimum Gasteiger partial charge on any atom is -0.366 e. The summed E-state index contributed by atoms with van der Waals surface area (Å²) in [4.78, 5) is 8.59. The fourth-order valence-corrected chi connectivity index (χ4v) is 3.45. The molecule has 0 amide bonds. The molecule has 0 aromatic heterocycles. The Bertz CT molecular complexity index is 348. The molecule has 2 N–H and O–H groups in total. The molecule has 5 nitrogen and oxygen atoms in total. The van der Waals surface area contributed by atoms with Crippen molar-refractivity contribution in [3.63, 3.8) is 0 Å². The SMILES string of the molecule is CC1C=CCNC1.CN1C=NCCC1.CN1C[C@H]2CC[C@@H](C1)N2. The molecule has 132 valence electrons. The molecule has 0 radical (unpaired) electrons. The third-order valence-corrected chi connectivity index (χ3v) is 4.67. The highest BCUT2D eigenvalue weighted by molar-refractivity contribution is 5.54. The van der Waals surface area contributed by atoms with Crippen LogP contribution in [-0.2, 0) is 0 Å². The molecule has 4 aliphatic rings. The third kappa shape index (κ3) is 7.46. The fourth-order valence-electron chi connectivity index (χ4n) is 3.45. The fraction of sp³-hybridized carbons (Fsp3) is 0.833. The van der Waals surface area contributed by atoms with Gasteiger partial charge in [-0.25, -0.2) is 0 Å². The molecule has 4 rings (SSSR count). The molecular formula is C18H35N5. The lowest BCUT2D eigenvalue weighted by atomic mass is 10.1. The topological polar surface area (TPSA) is 42.9 Å². The summed E-state index contributed by atoms with van der Waals surface area (Å²) < 4.78 is 0. The van der Waals surface area contributed by atoms with Crippen molar-refractivity contribution in [2.45, 2.75) is 38.3 Å². The van der Waals surface area contributed by atoms with E-state index >= 15 is 0 Å². The first-order valence-electron chi connectivity index (χ1n) is 9.15. The van der Waals surface area contributed by atoms with Gasteiger partial charge in [0.1, 0.15) is 0 Å². The van der Waals surface area contributed by atoms with Gasteiger partial charge in [-0.1, -0.05) is 19.1 Å². The van der Waals surface area contributed by atoms with E-state index in [1.807, 2.05) is 13.4 Å². The van der Waals surface area contributed by atoms with Crippen molar-refractivity contribution in [2.75, 3.05) is 53.4 Å². The van der Waals surface area contributed by atoms with Gasteiger partial charge < -0.3 is 20.4 Å². The van der Waals surface area contributed by atoms with E-state index in [0.29, 0.717) is 0 Å². The number of nitrogens with zero attached hydrogens (tertiary/aromatic N) is 3. The van der Waals surface area contributed by atoms with E-state index in [9.17, 15) is 0 Å². The number of hydrogen-bond acceptors (Lipinski definition) is 5. The highest BCUT2D eigenvalue weighted by Gasteiger charge is 2.29. The molecule has 2 fully saturated rings. The molecule has 0 aliphatic carbocycles. The Kier molecular flexibility index (Phi) is 8.06. The van der Waals surface area contributed by atoms with E-state index in [0.717, 1.165) is 37.6 Å². The zero-order valence-corrected chi connectivity index (χ0v) is 15.2. The normalized spacial score (nSPS) is 32.7. The maximum atomic E-state index is 4.06. The van der Waals surface area contributed by atoms with Gasteiger partial charge in [-0.15, -0.1) is 0 Å². The molecule has 0 spiro atoms. The molecule has 2 bridgehead atoms. The van der Waals surface area contributed by atoms with Crippen LogP contribution in [0.15, 0.2) is 17.1 Å². The number of likely N-dealkylation sites (tertiary alicyclic amines) is 1. The lowest BCUT2D eigenvalue weighted by Gasteiger charge is -2.29. The number of rotatable bonds is 0. The quantitative estimate of drug-likeness (QED) is 0.658. The van der Waals surface area contributed by atoms with E-state index in [1.165, 1.54) is 38.9 Å². The van der Waals surface area contributed by atoms with Crippen LogP contribution in [-0.4, -0.2) is 81.6 Å². The van der Waals surface area contributed by atoms with Crippen LogP contribution >= 0.6 is 0 Å². The number of hydrogen-bond donors (Lipinski definition) is 2. The first kappa shape index (κ1) is 18.4. The van der Waals surface area contributed by atoms with E-state index in [2.05, 4.69) is 51.5 Å². The van der Waals surface area contributed by atoms with Crippen LogP contribution < -0.4 is 10.6 Å². The summed E-state index contributed by atoms with van der Waals surface area (Å²) in [6.45, 7) is 9.13. The molecule has 0 aromatic rings. The van der Waals surface area contributed by atoms with Gasteiger partial charge in [0.2, 0.25) is 0 Å². The number of nitrogens with one attached hydrogen (secondary N) is 2. The smallest absolute Gasteiger partial charge is 0.0847 e. The van der Waals surface area contributed by atoms with Crippen LogP contribution in [0.2, 0.25) is 0 Å². The Hall–Kier alpha value is -0.910. The second-order valence-corrected chi connectivity index (χ2v) is 7.28. The predicted octanol–water partition coefficient (Wildman–Crippen LogP) is 1.18. The summed E-state index contributed by atoms with van der Waals surface area (Å²) in [5.74, 6) is 0.744. The van der Waals surface area contributed by atoms with Crippen LogP contribution in [0.5, 0.6) is 0 Å². The van der Waals surface area contributed by atoms with Crippen LogP contribution in [0.4, 0.5) is 0 Å². The third-order valence-electron chi connectivity index (χ3n) is 4.67. The van der Waals surface area contributed by atoms with Crippen LogP contribution in [0.1, 0.15) is 26.2 Å². The lowest BCUT2D eigenvalue weighted by molar-refractivity contribution is 0.235. The summed E-state index contributed by atoms with van der Waals surface area (Å²) in [5, 5.41) is 6.83. The van der Waals surface area contributed by atoms with Crippen molar-refractivity contribution < 1.29 is 0 Å². The Labute approximate surface area is 142 Å². The van der Waals surface area contributed by atoms with Crippen molar-refractivity contribution in [1.29, 1.82) is 0 Å². The van der Waals surface area contributed by atoms with Gasteiger partial charge in [0.25, 0.3) is 0 Å². The number of aliphatic imine (C=N–C) groups is 1. The van der Waals surface area contributed by atoms with Gasteiger partial charge in [-0.05, 0) is 32.2 Å². The molecule has 4 heterocycles. The molecular weight excluding hydrogens is 286 g/mol. The number of piperazine rings is 1. The second kappa shape index (κ2) is 10.1. The summed E-state index contributed by atoms with van der Waals surface area (Å²) >= 11 is 0. The molecule has 1 unspecified atom stereocenters. The molecule has 0 saturated carbocycles. The average molecular weight is 322 g/mol. The molecule has 4 aliphatic heterocycles. The molecule has 5 heteroatoms. The highest BCUT2D eigenvalue weighted by Crippen LogP contribution is 2.18. The van der Waals surface area contributed by atoms with E-state index < -0.39 is 0 Å². The Morgan fingerprint density at radius 2 is 1.87 bits per heavy atom. The minimum absolute atomic E-state index is 0.744. The average Bonchev–Trinajstić information content (AvgIpc) is 2.89. The van der Waals surface area contributed by atoms with E-state index in [-0.39, 0.29) is 0 Å². The van der Waals surface area contributed by atoms with Crippen LogP contribution in [0.25, 0.3) is 0 Å². The van der Waals surface area contributed by atoms with E-state index in [4.69, 9.17) is 0 Å². The minimum atomic E-state index is 0.744. The maximum Gasteiger partial charge on any atom is 0.0847 e. The van der Waals surface area contributed by atoms with Crippen molar-refractivity contribution in [3.8, 4) is 0 Å². The monoisotopic (exact) mass is 321 g/mol. The first-order chi connectivity index (χ1) is 11.1. The molecule has 0 aromatic carbocycles. The summed E-state index contributed by atoms with van der Waals surface area (Å²) in [6.07, 6.45) is 10.3. The standard InChI is InChI=1S/C7H14N2.C6H11N.C5H10N2/c1-9-4-6-2-3-7(5-9)8-6;1-6-3-2-4-7-5-6;1-7-4-2-3-6-5-7/h6-8H,2-5H2,1H3;2-3,6-7H,4-5H2,1H3;5H,2-4H2,1H3/t6-,7+;;. The Balaban J connectivity index is 0.000000127. The molecule has 3 atom stereocenters. The second-order valence-electron chi connectivity index (χ2n) is 7.28. The zero-order chi connectivity index (χ0) is 16.5. The molecule has 2 saturated heterocycles. The first-order valence-corrected chi connectivity index (χ1v) is 9.15. The van der Waals surface area contributed by atoms with Crippen molar-refractivity contribution in [3.05, 3.63) is 12.2 Å². The van der Waals surface area contributed by atoms with Crippen molar-refractivity contribution in [2.24, 2.45) is 10.9 Å². The lowest BCUT2D eigenvalue weighted by Crippen LogP contribution is -2.49. The summed E-state index contributed by atoms with van der Waals surface area (Å²) in [7, 11) is 4.26. The van der Waals surface area contributed by atoms with Crippen molar-refractivity contribution >= 4 is 6.34 Å². The van der Waals surface area contributed by atoms with Gasteiger partial charge in [0.05, 0.1) is 6.34 Å². The maximum absolute atomic E-state index is 4.06. The van der Waals surface area contributed by atoms with Gasteiger partial charge in [-0.3, -0.25) is 4.99 Å².